The first-order valence-electron chi connectivity index (χ1n) is 8.09. The number of hydrogen-bond acceptors (Lipinski definition) is 4. The van der Waals surface area contributed by atoms with E-state index in [0.29, 0.717) is 19.5 Å². The van der Waals surface area contributed by atoms with Crippen molar-refractivity contribution >= 4 is 21.7 Å². The Balaban J connectivity index is 1.61. The topological polar surface area (TPSA) is 67.6 Å². The van der Waals surface area contributed by atoms with Gasteiger partial charge in [0.05, 0.1) is 11.4 Å². The lowest BCUT2D eigenvalue weighted by Gasteiger charge is -2.26. The highest BCUT2D eigenvalue weighted by molar-refractivity contribution is 7.92. The first kappa shape index (κ1) is 16.0. The normalized spacial score (nSPS) is 15.7. The predicted molar refractivity (Wildman–Crippen MR) is 96.2 cm³/mol. The van der Waals surface area contributed by atoms with Crippen LogP contribution in [0.25, 0.3) is 11.7 Å². The summed E-state index contributed by atoms with van der Waals surface area (Å²) < 4.78 is 28.6. The quantitative estimate of drug-likeness (QED) is 0.724. The third-order valence-corrected chi connectivity index (χ3v) is 5.84. The Hall–Kier alpha value is -2.51. The van der Waals surface area contributed by atoms with Gasteiger partial charge < -0.3 is 0 Å². The first-order valence-corrected chi connectivity index (χ1v) is 9.60. The van der Waals surface area contributed by atoms with E-state index in [0.717, 1.165) is 28.2 Å². The molecule has 0 saturated heterocycles. The SMILES string of the molecule is Cc1cc2ncc3c(n2n1)CCN(S(=O)(=O)/C=C/c1ccccc1)C3. The molecule has 0 aliphatic carbocycles. The lowest BCUT2D eigenvalue weighted by molar-refractivity contribution is 0.389. The molecule has 3 heterocycles. The Morgan fingerprint density at radius 3 is 2.80 bits per heavy atom. The lowest BCUT2D eigenvalue weighted by Crippen LogP contribution is -2.35. The molecule has 1 aliphatic rings. The standard InChI is InChI=1S/C18H18N4O2S/c1-14-11-18-19-12-16-13-21(9-7-17(16)22(18)20-14)25(23,24)10-8-15-5-3-2-4-6-15/h2-6,8,10-12H,7,9,13H2,1H3/b10-8+. The molecule has 4 rings (SSSR count). The van der Waals surface area contributed by atoms with Gasteiger partial charge in [-0.15, -0.1) is 0 Å². The number of benzene rings is 1. The molecule has 0 atom stereocenters. The molecular formula is C18H18N4O2S. The summed E-state index contributed by atoms with van der Waals surface area (Å²) in [7, 11) is -3.48. The Morgan fingerprint density at radius 2 is 2.00 bits per heavy atom. The molecule has 1 aliphatic heterocycles. The van der Waals surface area contributed by atoms with Crippen molar-refractivity contribution in [1.82, 2.24) is 18.9 Å². The van der Waals surface area contributed by atoms with Gasteiger partial charge in [-0.25, -0.2) is 17.9 Å². The first-order chi connectivity index (χ1) is 12.0. The van der Waals surface area contributed by atoms with E-state index in [-0.39, 0.29) is 0 Å². The maximum Gasteiger partial charge on any atom is 0.236 e. The average molecular weight is 354 g/mol. The molecule has 0 N–H and O–H groups in total. The van der Waals surface area contributed by atoms with Crippen LogP contribution in [0, 0.1) is 6.92 Å². The van der Waals surface area contributed by atoms with E-state index in [2.05, 4.69) is 10.1 Å². The van der Waals surface area contributed by atoms with Gasteiger partial charge in [0.2, 0.25) is 10.0 Å². The second kappa shape index (κ2) is 6.09. The summed E-state index contributed by atoms with van der Waals surface area (Å²) in [4.78, 5) is 4.39. The van der Waals surface area contributed by atoms with E-state index in [4.69, 9.17) is 0 Å². The van der Waals surface area contributed by atoms with Crippen LogP contribution >= 0.6 is 0 Å². The van der Waals surface area contributed by atoms with Crippen molar-refractivity contribution in [3.05, 3.63) is 70.5 Å². The Kier molecular flexibility index (Phi) is 3.89. The molecule has 0 saturated carbocycles. The summed E-state index contributed by atoms with van der Waals surface area (Å²) in [6, 6.07) is 11.3. The van der Waals surface area contributed by atoms with Crippen molar-refractivity contribution in [3.63, 3.8) is 0 Å². The van der Waals surface area contributed by atoms with Crippen LogP contribution in [0.1, 0.15) is 22.5 Å². The van der Waals surface area contributed by atoms with Crippen molar-refractivity contribution in [2.75, 3.05) is 6.54 Å². The van der Waals surface area contributed by atoms with Crippen LogP contribution < -0.4 is 0 Å². The van der Waals surface area contributed by atoms with Crippen LogP contribution in [0.4, 0.5) is 0 Å². The predicted octanol–water partition coefficient (Wildman–Crippen LogP) is 2.40. The minimum absolute atomic E-state index is 0.318. The number of aryl methyl sites for hydroxylation is 1. The van der Waals surface area contributed by atoms with Crippen molar-refractivity contribution in [2.24, 2.45) is 0 Å². The highest BCUT2D eigenvalue weighted by atomic mass is 32.2. The fourth-order valence-electron chi connectivity index (χ4n) is 3.06. The lowest BCUT2D eigenvalue weighted by atomic mass is 10.1. The van der Waals surface area contributed by atoms with E-state index >= 15 is 0 Å². The van der Waals surface area contributed by atoms with E-state index in [1.807, 2.05) is 47.8 Å². The molecular weight excluding hydrogens is 336 g/mol. The summed E-state index contributed by atoms with van der Waals surface area (Å²) >= 11 is 0. The molecule has 0 bridgehead atoms. The van der Waals surface area contributed by atoms with Crippen LogP contribution in [0.15, 0.2) is 48.0 Å². The number of hydrogen-bond donors (Lipinski definition) is 0. The van der Waals surface area contributed by atoms with Crippen LogP contribution in [0.3, 0.4) is 0 Å². The number of fused-ring (bicyclic) bond motifs is 3. The van der Waals surface area contributed by atoms with Gasteiger partial charge in [-0.1, -0.05) is 30.3 Å². The van der Waals surface area contributed by atoms with Gasteiger partial charge in [0.15, 0.2) is 5.65 Å². The number of nitrogens with zero attached hydrogens (tertiary/aromatic N) is 4. The number of rotatable bonds is 3. The Labute approximate surface area is 146 Å². The van der Waals surface area contributed by atoms with E-state index < -0.39 is 10.0 Å². The summed E-state index contributed by atoms with van der Waals surface area (Å²) in [5.41, 5.74) is 4.51. The van der Waals surface area contributed by atoms with Gasteiger partial charge in [0.1, 0.15) is 0 Å². The minimum Gasteiger partial charge on any atom is -0.237 e. The average Bonchev–Trinajstić information content (AvgIpc) is 3.01. The molecule has 0 fully saturated rings. The summed E-state index contributed by atoms with van der Waals surface area (Å²) in [6.45, 7) is 2.68. The maximum absolute atomic E-state index is 12.6. The molecule has 0 amide bonds. The van der Waals surface area contributed by atoms with Crippen molar-refractivity contribution < 1.29 is 8.42 Å². The zero-order chi connectivity index (χ0) is 17.4. The van der Waals surface area contributed by atoms with E-state index in [9.17, 15) is 8.42 Å². The minimum atomic E-state index is -3.48. The molecule has 6 nitrogen and oxygen atoms in total. The molecule has 0 radical (unpaired) electrons. The summed E-state index contributed by atoms with van der Waals surface area (Å²) in [5.74, 6) is 0. The number of sulfonamides is 1. The Bertz CT molecular complexity index is 1060. The summed E-state index contributed by atoms with van der Waals surface area (Å²) in [5, 5.41) is 5.74. The molecule has 1 aromatic carbocycles. The van der Waals surface area contributed by atoms with Gasteiger partial charge >= 0.3 is 0 Å². The maximum atomic E-state index is 12.6. The van der Waals surface area contributed by atoms with Crippen LogP contribution in [0.2, 0.25) is 0 Å². The van der Waals surface area contributed by atoms with Gasteiger partial charge in [-0.2, -0.15) is 9.40 Å². The zero-order valence-electron chi connectivity index (χ0n) is 13.8. The van der Waals surface area contributed by atoms with Crippen molar-refractivity contribution in [3.8, 4) is 0 Å². The van der Waals surface area contributed by atoms with Crippen molar-refractivity contribution in [1.29, 1.82) is 0 Å². The second-order valence-corrected chi connectivity index (χ2v) is 7.95. The van der Waals surface area contributed by atoms with Gasteiger partial charge in [-0.3, -0.25) is 0 Å². The summed E-state index contributed by atoms with van der Waals surface area (Å²) in [6.07, 6.45) is 4.01. The molecule has 7 heteroatoms. The zero-order valence-corrected chi connectivity index (χ0v) is 14.6. The van der Waals surface area contributed by atoms with Crippen molar-refractivity contribution in [2.45, 2.75) is 19.9 Å². The molecule has 0 unspecified atom stereocenters. The molecule has 128 valence electrons. The molecule has 3 aromatic rings. The third-order valence-electron chi connectivity index (χ3n) is 4.33. The molecule has 0 spiro atoms. The Morgan fingerprint density at radius 1 is 1.20 bits per heavy atom. The van der Waals surface area contributed by atoms with Crippen LogP contribution in [-0.4, -0.2) is 33.9 Å². The molecule has 25 heavy (non-hydrogen) atoms. The smallest absolute Gasteiger partial charge is 0.236 e. The monoisotopic (exact) mass is 354 g/mol. The largest absolute Gasteiger partial charge is 0.237 e. The fraction of sp³-hybridized carbons (Fsp3) is 0.222. The molecule has 2 aromatic heterocycles. The van der Waals surface area contributed by atoms with Gasteiger partial charge in [0, 0.05) is 42.7 Å². The van der Waals surface area contributed by atoms with Gasteiger partial charge in [-0.05, 0) is 18.6 Å². The van der Waals surface area contributed by atoms with E-state index in [1.165, 1.54) is 9.71 Å². The third kappa shape index (κ3) is 3.08. The van der Waals surface area contributed by atoms with Crippen LogP contribution in [-0.2, 0) is 23.0 Å². The highest BCUT2D eigenvalue weighted by Crippen LogP contribution is 2.22. The highest BCUT2D eigenvalue weighted by Gasteiger charge is 2.26. The van der Waals surface area contributed by atoms with Crippen LogP contribution in [0.5, 0.6) is 0 Å². The number of aromatic nitrogens is 3. The van der Waals surface area contributed by atoms with E-state index in [1.54, 1.807) is 12.3 Å². The fourth-order valence-corrected chi connectivity index (χ4v) is 4.23. The van der Waals surface area contributed by atoms with Gasteiger partial charge in [0.25, 0.3) is 0 Å². The second-order valence-electron chi connectivity index (χ2n) is 6.13.